The molecule has 0 radical (unpaired) electrons. The van der Waals surface area contributed by atoms with Crippen LogP contribution < -0.4 is 0 Å². The van der Waals surface area contributed by atoms with E-state index < -0.39 is 10.2 Å². The average molecular weight is 339 g/mol. The van der Waals surface area contributed by atoms with Crippen LogP contribution in [-0.2, 0) is 10.2 Å². The van der Waals surface area contributed by atoms with Gasteiger partial charge in [0.05, 0.1) is 0 Å². The summed E-state index contributed by atoms with van der Waals surface area (Å²) >= 11 is 3.39. The van der Waals surface area contributed by atoms with Crippen molar-refractivity contribution >= 4 is 26.1 Å². The molecule has 0 spiro atoms. The molecular formula is C12H23BrN2O2S. The molecular weight excluding hydrogens is 316 g/mol. The number of nitrogens with zero attached hydrogens (tertiary/aromatic N) is 2. The first kappa shape index (κ1) is 14.8. The Balaban J connectivity index is 2.06. The van der Waals surface area contributed by atoms with Crippen molar-refractivity contribution in [3.05, 3.63) is 0 Å². The van der Waals surface area contributed by atoms with E-state index in [0.29, 0.717) is 19.6 Å². The van der Waals surface area contributed by atoms with Gasteiger partial charge in [-0.05, 0) is 32.1 Å². The van der Waals surface area contributed by atoms with E-state index in [1.807, 2.05) is 0 Å². The maximum atomic E-state index is 12.7. The number of piperidine rings is 1. The second-order valence-corrected chi connectivity index (χ2v) is 7.88. The minimum Gasteiger partial charge on any atom is -0.195 e. The van der Waals surface area contributed by atoms with Gasteiger partial charge in [-0.2, -0.15) is 17.0 Å². The van der Waals surface area contributed by atoms with Gasteiger partial charge < -0.3 is 0 Å². The predicted octanol–water partition coefficient (Wildman–Crippen LogP) is 2.36. The molecule has 6 heteroatoms. The number of rotatable bonds is 6. The summed E-state index contributed by atoms with van der Waals surface area (Å²) in [6.07, 6.45) is 7.32. The van der Waals surface area contributed by atoms with Crippen molar-refractivity contribution in [2.45, 2.75) is 51.0 Å². The Morgan fingerprint density at radius 1 is 1.11 bits per heavy atom. The molecule has 2 rings (SSSR count). The molecule has 1 heterocycles. The number of alkyl halides is 1. The Morgan fingerprint density at radius 3 is 2.28 bits per heavy atom. The van der Waals surface area contributed by atoms with E-state index in [1.54, 1.807) is 8.61 Å². The second-order valence-electron chi connectivity index (χ2n) is 5.21. The Morgan fingerprint density at radius 2 is 1.78 bits per heavy atom. The van der Waals surface area contributed by atoms with Crippen LogP contribution in [-0.4, -0.2) is 48.0 Å². The first-order chi connectivity index (χ1) is 8.66. The fourth-order valence-electron chi connectivity index (χ4n) is 2.62. The van der Waals surface area contributed by atoms with E-state index in [4.69, 9.17) is 0 Å². The van der Waals surface area contributed by atoms with Crippen LogP contribution in [0.5, 0.6) is 0 Å². The molecule has 0 aromatic heterocycles. The third kappa shape index (κ3) is 3.26. The van der Waals surface area contributed by atoms with E-state index in [0.717, 1.165) is 43.9 Å². The van der Waals surface area contributed by atoms with Crippen molar-refractivity contribution < 1.29 is 8.42 Å². The molecule has 1 saturated heterocycles. The Bertz CT molecular complexity index is 351. The Labute approximate surface area is 119 Å². The summed E-state index contributed by atoms with van der Waals surface area (Å²) in [4.78, 5) is 0. The molecule has 2 fully saturated rings. The number of hydrogen-bond donors (Lipinski definition) is 0. The lowest BCUT2D eigenvalue weighted by Crippen LogP contribution is -2.52. The van der Waals surface area contributed by atoms with Gasteiger partial charge in [-0.25, -0.2) is 0 Å². The van der Waals surface area contributed by atoms with Crippen molar-refractivity contribution in [2.75, 3.05) is 25.0 Å². The topological polar surface area (TPSA) is 40.6 Å². The first-order valence-electron chi connectivity index (χ1n) is 6.99. The molecule has 0 bridgehead atoms. The van der Waals surface area contributed by atoms with Gasteiger partial charge in [0.25, 0.3) is 10.2 Å². The second kappa shape index (κ2) is 6.68. The van der Waals surface area contributed by atoms with Crippen molar-refractivity contribution in [3.63, 3.8) is 0 Å². The monoisotopic (exact) mass is 338 g/mol. The predicted molar refractivity (Wildman–Crippen MR) is 77.1 cm³/mol. The van der Waals surface area contributed by atoms with Gasteiger partial charge in [0, 0.05) is 31.0 Å². The lowest BCUT2D eigenvalue weighted by atomic mass is 9.93. The van der Waals surface area contributed by atoms with Gasteiger partial charge in [0.15, 0.2) is 0 Å². The number of halogens is 1. The molecule has 4 nitrogen and oxygen atoms in total. The van der Waals surface area contributed by atoms with E-state index in [1.165, 1.54) is 6.42 Å². The van der Waals surface area contributed by atoms with Crippen LogP contribution in [0.25, 0.3) is 0 Å². The SMILES string of the molecule is O=S(=O)(N1CCCCC1)N(CCCBr)C1CCC1. The zero-order chi connectivity index (χ0) is 13.0. The van der Waals surface area contributed by atoms with Crippen molar-refractivity contribution in [1.29, 1.82) is 0 Å². The summed E-state index contributed by atoms with van der Waals surface area (Å²) < 4.78 is 28.8. The summed E-state index contributed by atoms with van der Waals surface area (Å²) in [5.74, 6) is 0. The molecule has 1 aliphatic heterocycles. The first-order valence-corrected chi connectivity index (χ1v) is 9.51. The maximum absolute atomic E-state index is 12.7. The van der Waals surface area contributed by atoms with Crippen LogP contribution in [0.3, 0.4) is 0 Å². The van der Waals surface area contributed by atoms with Crippen LogP contribution in [0.1, 0.15) is 44.9 Å². The van der Waals surface area contributed by atoms with Crippen LogP contribution in [0.15, 0.2) is 0 Å². The highest BCUT2D eigenvalue weighted by atomic mass is 79.9. The highest BCUT2D eigenvalue weighted by Crippen LogP contribution is 2.29. The normalized spacial score (nSPS) is 23.2. The summed E-state index contributed by atoms with van der Waals surface area (Å²) in [6, 6.07) is 0.260. The lowest BCUT2D eigenvalue weighted by Gasteiger charge is -2.40. The molecule has 18 heavy (non-hydrogen) atoms. The van der Waals surface area contributed by atoms with Crippen LogP contribution in [0, 0.1) is 0 Å². The minimum absolute atomic E-state index is 0.260. The maximum Gasteiger partial charge on any atom is 0.282 e. The van der Waals surface area contributed by atoms with E-state index >= 15 is 0 Å². The molecule has 0 unspecified atom stereocenters. The molecule has 0 amide bonds. The molecule has 0 atom stereocenters. The molecule has 0 aromatic carbocycles. The van der Waals surface area contributed by atoms with Crippen molar-refractivity contribution in [1.82, 2.24) is 8.61 Å². The van der Waals surface area contributed by atoms with Crippen LogP contribution in [0.2, 0.25) is 0 Å². The third-order valence-electron chi connectivity index (χ3n) is 3.93. The zero-order valence-corrected chi connectivity index (χ0v) is 13.3. The molecule has 1 aliphatic carbocycles. The summed E-state index contributed by atoms with van der Waals surface area (Å²) in [5, 5.41) is 0.867. The van der Waals surface area contributed by atoms with Gasteiger partial charge in [-0.15, -0.1) is 0 Å². The van der Waals surface area contributed by atoms with Gasteiger partial charge >= 0.3 is 0 Å². The molecule has 0 aromatic rings. The van der Waals surface area contributed by atoms with Gasteiger partial charge in [0.1, 0.15) is 0 Å². The minimum atomic E-state index is -3.21. The van der Waals surface area contributed by atoms with Gasteiger partial charge in [0.2, 0.25) is 0 Å². The fourth-order valence-corrected chi connectivity index (χ4v) is 4.83. The molecule has 106 valence electrons. The number of hydrogen-bond acceptors (Lipinski definition) is 2. The molecule has 1 saturated carbocycles. The van der Waals surface area contributed by atoms with E-state index in [2.05, 4.69) is 15.9 Å². The highest BCUT2D eigenvalue weighted by Gasteiger charge is 2.37. The summed E-state index contributed by atoms with van der Waals surface area (Å²) in [7, 11) is -3.21. The fraction of sp³-hybridized carbons (Fsp3) is 1.00. The van der Waals surface area contributed by atoms with Crippen molar-refractivity contribution in [2.24, 2.45) is 0 Å². The zero-order valence-electron chi connectivity index (χ0n) is 10.9. The Kier molecular flexibility index (Phi) is 5.47. The third-order valence-corrected chi connectivity index (χ3v) is 6.58. The van der Waals surface area contributed by atoms with E-state index in [-0.39, 0.29) is 6.04 Å². The standard InChI is InChI=1S/C12H23BrN2O2S/c13-8-5-11-15(12-6-4-7-12)18(16,17)14-9-2-1-3-10-14/h12H,1-11H2. The molecule has 2 aliphatic rings. The van der Waals surface area contributed by atoms with Gasteiger partial charge in [-0.3, -0.25) is 0 Å². The Hall–Kier alpha value is 0.350. The largest absolute Gasteiger partial charge is 0.282 e. The lowest BCUT2D eigenvalue weighted by molar-refractivity contribution is 0.199. The van der Waals surface area contributed by atoms with Crippen molar-refractivity contribution in [3.8, 4) is 0 Å². The van der Waals surface area contributed by atoms with Crippen LogP contribution >= 0.6 is 15.9 Å². The van der Waals surface area contributed by atoms with Gasteiger partial charge in [-0.1, -0.05) is 28.8 Å². The van der Waals surface area contributed by atoms with Crippen LogP contribution in [0.4, 0.5) is 0 Å². The summed E-state index contributed by atoms with van der Waals surface area (Å²) in [6.45, 7) is 2.08. The smallest absolute Gasteiger partial charge is 0.195 e. The summed E-state index contributed by atoms with van der Waals surface area (Å²) in [5.41, 5.74) is 0. The van der Waals surface area contributed by atoms with E-state index in [9.17, 15) is 8.42 Å². The quantitative estimate of drug-likeness (QED) is 0.697. The molecule has 0 N–H and O–H groups in total. The average Bonchev–Trinajstić information content (AvgIpc) is 2.33. The highest BCUT2D eigenvalue weighted by molar-refractivity contribution is 9.09.